The van der Waals surface area contributed by atoms with E-state index in [1.165, 1.54) is 6.07 Å². The van der Waals surface area contributed by atoms with E-state index >= 15 is 0 Å². The number of hydrogen-bond donors (Lipinski definition) is 2. The Bertz CT molecular complexity index is 839. The zero-order chi connectivity index (χ0) is 20.6. The first-order valence-corrected chi connectivity index (χ1v) is 9.72. The van der Waals surface area contributed by atoms with Crippen LogP contribution in [0.3, 0.4) is 0 Å². The lowest BCUT2D eigenvalue weighted by atomic mass is 10.3. The number of aliphatic imine (C=N–C) groups is 1. The van der Waals surface area contributed by atoms with Gasteiger partial charge in [0.1, 0.15) is 17.6 Å². The second kappa shape index (κ2) is 11.8. The van der Waals surface area contributed by atoms with E-state index in [1.54, 1.807) is 26.4 Å². The molecule has 0 aliphatic carbocycles. The lowest BCUT2D eigenvalue weighted by molar-refractivity contribution is 0.223. The SMILES string of the molecule is CN=C(NCC(C)Oc1cccc(OC)c1)NC1CCN(c2ncccc2F)C1.I. The molecule has 0 bridgehead atoms. The number of nitrogens with zero attached hydrogens (tertiary/aromatic N) is 3. The predicted molar refractivity (Wildman–Crippen MR) is 128 cm³/mol. The molecular formula is C21H29FIN5O2. The molecule has 1 saturated heterocycles. The summed E-state index contributed by atoms with van der Waals surface area (Å²) in [6, 6.07) is 10.7. The molecule has 3 rings (SSSR count). The number of benzene rings is 1. The molecular weight excluding hydrogens is 500 g/mol. The van der Waals surface area contributed by atoms with Gasteiger partial charge >= 0.3 is 0 Å². The van der Waals surface area contributed by atoms with E-state index in [9.17, 15) is 4.39 Å². The fourth-order valence-electron chi connectivity index (χ4n) is 3.26. The fraction of sp³-hybridized carbons (Fsp3) is 0.429. The summed E-state index contributed by atoms with van der Waals surface area (Å²) in [4.78, 5) is 10.4. The maximum Gasteiger partial charge on any atom is 0.191 e. The van der Waals surface area contributed by atoms with E-state index in [2.05, 4.69) is 20.6 Å². The number of halogens is 2. The first kappa shape index (κ1) is 24.0. The Hall–Kier alpha value is -2.30. The average molecular weight is 529 g/mol. The maximum atomic E-state index is 14.0. The summed E-state index contributed by atoms with van der Waals surface area (Å²) >= 11 is 0. The van der Waals surface area contributed by atoms with Crippen molar-refractivity contribution in [3.05, 3.63) is 48.4 Å². The molecule has 2 aromatic rings. The quantitative estimate of drug-likeness (QED) is 0.327. The Balaban J connectivity index is 0.00000320. The number of guanidine groups is 1. The number of pyridine rings is 1. The van der Waals surface area contributed by atoms with E-state index in [0.717, 1.165) is 24.5 Å². The zero-order valence-corrected chi connectivity index (χ0v) is 19.8. The van der Waals surface area contributed by atoms with Gasteiger partial charge in [0.15, 0.2) is 17.6 Å². The first-order chi connectivity index (χ1) is 14.1. The number of anilines is 1. The third-order valence-electron chi connectivity index (χ3n) is 4.73. The van der Waals surface area contributed by atoms with Crippen LogP contribution in [0.5, 0.6) is 11.5 Å². The molecule has 2 unspecified atom stereocenters. The minimum absolute atomic E-state index is 0. The Morgan fingerprint density at radius 2 is 2.13 bits per heavy atom. The van der Waals surface area contributed by atoms with Gasteiger partial charge in [0.05, 0.1) is 13.7 Å². The summed E-state index contributed by atoms with van der Waals surface area (Å²) in [6.45, 7) is 3.99. The highest BCUT2D eigenvalue weighted by atomic mass is 127. The van der Waals surface area contributed by atoms with E-state index in [0.29, 0.717) is 24.9 Å². The first-order valence-electron chi connectivity index (χ1n) is 9.72. The molecule has 164 valence electrons. The van der Waals surface area contributed by atoms with Crippen molar-refractivity contribution in [3.8, 4) is 11.5 Å². The minimum Gasteiger partial charge on any atom is -0.497 e. The van der Waals surface area contributed by atoms with Gasteiger partial charge in [0.25, 0.3) is 0 Å². The molecule has 2 atom stereocenters. The summed E-state index contributed by atoms with van der Waals surface area (Å²) in [5.74, 6) is 2.32. The summed E-state index contributed by atoms with van der Waals surface area (Å²) in [5.41, 5.74) is 0. The van der Waals surface area contributed by atoms with Gasteiger partial charge in [0.2, 0.25) is 0 Å². The van der Waals surface area contributed by atoms with Crippen molar-refractivity contribution in [2.45, 2.75) is 25.5 Å². The molecule has 1 aromatic heterocycles. The molecule has 0 spiro atoms. The highest BCUT2D eigenvalue weighted by molar-refractivity contribution is 14.0. The van der Waals surface area contributed by atoms with Crippen molar-refractivity contribution in [1.29, 1.82) is 0 Å². The van der Waals surface area contributed by atoms with Crippen LogP contribution in [0.15, 0.2) is 47.6 Å². The number of rotatable bonds is 7. The number of methoxy groups -OCH3 is 1. The van der Waals surface area contributed by atoms with E-state index in [4.69, 9.17) is 9.47 Å². The van der Waals surface area contributed by atoms with Gasteiger partial charge in [-0.25, -0.2) is 9.37 Å². The molecule has 9 heteroatoms. The molecule has 1 aliphatic rings. The Morgan fingerprint density at radius 1 is 1.33 bits per heavy atom. The van der Waals surface area contributed by atoms with Crippen LogP contribution in [0.2, 0.25) is 0 Å². The molecule has 2 N–H and O–H groups in total. The second-order valence-corrected chi connectivity index (χ2v) is 6.95. The minimum atomic E-state index is -0.292. The molecule has 0 radical (unpaired) electrons. The van der Waals surface area contributed by atoms with Crippen molar-refractivity contribution in [2.24, 2.45) is 4.99 Å². The molecule has 7 nitrogen and oxygen atoms in total. The molecule has 1 fully saturated rings. The average Bonchev–Trinajstić information content (AvgIpc) is 3.19. The largest absolute Gasteiger partial charge is 0.497 e. The molecule has 0 saturated carbocycles. The number of hydrogen-bond acceptors (Lipinski definition) is 5. The van der Waals surface area contributed by atoms with Crippen LogP contribution in [0.1, 0.15) is 13.3 Å². The van der Waals surface area contributed by atoms with Gasteiger partial charge in [-0.1, -0.05) is 6.07 Å². The molecule has 0 amide bonds. The van der Waals surface area contributed by atoms with Gasteiger partial charge in [0, 0.05) is 38.4 Å². The van der Waals surface area contributed by atoms with Crippen molar-refractivity contribution in [2.75, 3.05) is 38.7 Å². The van der Waals surface area contributed by atoms with Gasteiger partial charge < -0.3 is 25.0 Å². The number of ether oxygens (including phenoxy) is 2. The van der Waals surface area contributed by atoms with Gasteiger partial charge in [-0.05, 0) is 37.6 Å². The predicted octanol–water partition coefficient (Wildman–Crippen LogP) is 3.06. The van der Waals surface area contributed by atoms with Crippen molar-refractivity contribution < 1.29 is 13.9 Å². The van der Waals surface area contributed by atoms with Crippen LogP contribution in [0.4, 0.5) is 10.2 Å². The summed E-state index contributed by atoms with van der Waals surface area (Å²) in [5, 5.41) is 6.68. The molecule has 1 aliphatic heterocycles. The third kappa shape index (κ3) is 6.61. The number of aromatic nitrogens is 1. The van der Waals surface area contributed by atoms with Gasteiger partial charge in [-0.3, -0.25) is 4.99 Å². The van der Waals surface area contributed by atoms with Crippen molar-refractivity contribution in [3.63, 3.8) is 0 Å². The van der Waals surface area contributed by atoms with Crippen LogP contribution >= 0.6 is 24.0 Å². The second-order valence-electron chi connectivity index (χ2n) is 6.95. The summed E-state index contributed by atoms with van der Waals surface area (Å²) in [6.07, 6.45) is 2.43. The van der Waals surface area contributed by atoms with Crippen molar-refractivity contribution in [1.82, 2.24) is 15.6 Å². The van der Waals surface area contributed by atoms with E-state index < -0.39 is 0 Å². The van der Waals surface area contributed by atoms with Crippen molar-refractivity contribution >= 4 is 35.8 Å². The smallest absolute Gasteiger partial charge is 0.191 e. The lowest BCUT2D eigenvalue weighted by Crippen LogP contribution is -2.47. The normalized spacial score (nSPS) is 17.1. The van der Waals surface area contributed by atoms with E-state index in [-0.39, 0.29) is 41.9 Å². The Labute approximate surface area is 194 Å². The Morgan fingerprint density at radius 3 is 2.87 bits per heavy atom. The standard InChI is InChI=1S/C21H28FN5O2.HI/c1-15(29-18-7-4-6-17(12-18)28-3)13-25-21(23-2)26-16-9-11-27(14-16)20-19(22)8-5-10-24-20;/h4-8,10,12,15-16H,9,11,13-14H2,1-3H3,(H2,23,25,26);1H. The monoisotopic (exact) mass is 529 g/mol. The lowest BCUT2D eigenvalue weighted by Gasteiger charge is -2.21. The van der Waals surface area contributed by atoms with Crippen LogP contribution in [-0.2, 0) is 0 Å². The topological polar surface area (TPSA) is 71.0 Å². The maximum absolute atomic E-state index is 14.0. The van der Waals surface area contributed by atoms with Crippen LogP contribution in [0.25, 0.3) is 0 Å². The van der Waals surface area contributed by atoms with E-state index in [1.807, 2.05) is 36.1 Å². The zero-order valence-electron chi connectivity index (χ0n) is 17.5. The molecule has 30 heavy (non-hydrogen) atoms. The van der Waals surface area contributed by atoms with Crippen LogP contribution in [0, 0.1) is 5.82 Å². The third-order valence-corrected chi connectivity index (χ3v) is 4.73. The highest BCUT2D eigenvalue weighted by Gasteiger charge is 2.26. The summed E-state index contributed by atoms with van der Waals surface area (Å²) < 4.78 is 25.1. The van der Waals surface area contributed by atoms with Gasteiger partial charge in [-0.15, -0.1) is 24.0 Å². The van der Waals surface area contributed by atoms with Crippen LogP contribution in [-0.4, -0.2) is 56.9 Å². The fourth-order valence-corrected chi connectivity index (χ4v) is 3.26. The molecule has 1 aromatic carbocycles. The number of nitrogens with one attached hydrogen (secondary N) is 2. The molecule has 2 heterocycles. The van der Waals surface area contributed by atoms with Crippen LogP contribution < -0.4 is 25.0 Å². The highest BCUT2D eigenvalue weighted by Crippen LogP contribution is 2.21. The summed E-state index contributed by atoms with van der Waals surface area (Å²) in [7, 11) is 3.36. The van der Waals surface area contributed by atoms with Gasteiger partial charge in [-0.2, -0.15) is 0 Å². The Kier molecular flexibility index (Phi) is 9.41.